The lowest BCUT2D eigenvalue weighted by Gasteiger charge is -2.08. The molecule has 0 bridgehead atoms. The van der Waals surface area contributed by atoms with Gasteiger partial charge in [-0.25, -0.2) is 9.37 Å². The van der Waals surface area contributed by atoms with E-state index in [2.05, 4.69) is 10.3 Å². The molecule has 0 aliphatic carbocycles. The third kappa shape index (κ3) is 4.43. The van der Waals surface area contributed by atoms with Crippen molar-refractivity contribution >= 4 is 22.9 Å². The van der Waals surface area contributed by atoms with Crippen LogP contribution in [0.4, 0.5) is 10.1 Å². The van der Waals surface area contributed by atoms with Crippen LogP contribution in [-0.4, -0.2) is 25.1 Å². The standard InChI is InChI=1S/C20H19FN2O3S/c1-12(24)22-14-5-6-15(16(21)10-14)17-11-27-20(23-17)9-13-4-7-18(25-2)19(8-13)26-3/h4-8,10-11H,9H2,1-3H3,(H,22,24). The fourth-order valence-electron chi connectivity index (χ4n) is 2.68. The average Bonchev–Trinajstić information content (AvgIpc) is 3.09. The summed E-state index contributed by atoms with van der Waals surface area (Å²) in [6.45, 7) is 1.38. The number of carbonyl (C=O) groups excluding carboxylic acids is 1. The number of methoxy groups -OCH3 is 2. The monoisotopic (exact) mass is 386 g/mol. The maximum absolute atomic E-state index is 14.4. The van der Waals surface area contributed by atoms with Gasteiger partial charge in [0.15, 0.2) is 11.5 Å². The first-order chi connectivity index (χ1) is 13.0. The summed E-state index contributed by atoms with van der Waals surface area (Å²) in [5, 5.41) is 5.25. The number of nitrogens with one attached hydrogen (secondary N) is 1. The van der Waals surface area contributed by atoms with Gasteiger partial charge in [0.2, 0.25) is 5.91 Å². The van der Waals surface area contributed by atoms with Crippen molar-refractivity contribution < 1.29 is 18.7 Å². The molecule has 7 heteroatoms. The van der Waals surface area contributed by atoms with Crippen LogP contribution in [0, 0.1) is 5.82 Å². The zero-order valence-electron chi connectivity index (χ0n) is 15.2. The lowest BCUT2D eigenvalue weighted by Crippen LogP contribution is -2.05. The number of thiazole rings is 1. The summed E-state index contributed by atoms with van der Waals surface area (Å²) in [5.74, 6) is 0.658. The van der Waals surface area contributed by atoms with Gasteiger partial charge >= 0.3 is 0 Å². The largest absolute Gasteiger partial charge is 0.493 e. The van der Waals surface area contributed by atoms with Crippen molar-refractivity contribution in [2.24, 2.45) is 0 Å². The molecule has 0 atom stereocenters. The number of hydrogen-bond donors (Lipinski definition) is 1. The van der Waals surface area contributed by atoms with Crippen molar-refractivity contribution in [3.8, 4) is 22.8 Å². The summed E-state index contributed by atoms with van der Waals surface area (Å²) in [4.78, 5) is 15.6. The molecular weight excluding hydrogens is 367 g/mol. The smallest absolute Gasteiger partial charge is 0.221 e. The van der Waals surface area contributed by atoms with Crippen molar-refractivity contribution in [3.63, 3.8) is 0 Å². The van der Waals surface area contributed by atoms with E-state index in [9.17, 15) is 9.18 Å². The van der Waals surface area contributed by atoms with Crippen LogP contribution in [0.15, 0.2) is 41.8 Å². The number of nitrogens with zero attached hydrogens (tertiary/aromatic N) is 1. The van der Waals surface area contributed by atoms with Crippen LogP contribution in [0.2, 0.25) is 0 Å². The minimum atomic E-state index is -0.427. The summed E-state index contributed by atoms with van der Waals surface area (Å²) >= 11 is 1.47. The molecule has 27 heavy (non-hydrogen) atoms. The summed E-state index contributed by atoms with van der Waals surface area (Å²) in [6, 6.07) is 10.3. The van der Waals surface area contributed by atoms with Crippen LogP contribution in [-0.2, 0) is 11.2 Å². The number of anilines is 1. The van der Waals surface area contributed by atoms with Crippen molar-refractivity contribution in [3.05, 3.63) is 58.2 Å². The molecular formula is C20H19FN2O3S. The zero-order chi connectivity index (χ0) is 19.4. The average molecular weight is 386 g/mol. The number of hydrogen-bond acceptors (Lipinski definition) is 5. The van der Waals surface area contributed by atoms with Crippen LogP contribution in [0.5, 0.6) is 11.5 Å². The predicted molar refractivity (Wildman–Crippen MR) is 104 cm³/mol. The molecule has 0 radical (unpaired) electrons. The molecule has 0 saturated carbocycles. The summed E-state index contributed by atoms with van der Waals surface area (Å²) < 4.78 is 25.0. The second-order valence-electron chi connectivity index (χ2n) is 5.87. The molecule has 140 valence electrons. The molecule has 2 aromatic carbocycles. The predicted octanol–water partition coefficient (Wildman–Crippen LogP) is 4.52. The molecule has 1 aromatic heterocycles. The number of amides is 1. The van der Waals surface area contributed by atoms with Gasteiger partial charge in [0.05, 0.1) is 24.9 Å². The Bertz CT molecular complexity index is 972. The first kappa shape index (κ1) is 18.8. The van der Waals surface area contributed by atoms with E-state index in [1.165, 1.54) is 24.3 Å². The molecule has 0 spiro atoms. The highest BCUT2D eigenvalue weighted by Gasteiger charge is 2.12. The Labute approximate surface area is 160 Å². The van der Waals surface area contributed by atoms with Crippen LogP contribution in [0.1, 0.15) is 17.5 Å². The van der Waals surface area contributed by atoms with E-state index in [0.29, 0.717) is 34.9 Å². The van der Waals surface area contributed by atoms with Gasteiger partial charge in [0, 0.05) is 30.0 Å². The van der Waals surface area contributed by atoms with Crippen LogP contribution >= 0.6 is 11.3 Å². The van der Waals surface area contributed by atoms with Gasteiger partial charge in [-0.15, -0.1) is 11.3 Å². The van der Waals surface area contributed by atoms with Crippen LogP contribution in [0.3, 0.4) is 0 Å². The second-order valence-corrected chi connectivity index (χ2v) is 6.81. The van der Waals surface area contributed by atoms with E-state index in [1.807, 2.05) is 23.6 Å². The van der Waals surface area contributed by atoms with E-state index >= 15 is 0 Å². The minimum Gasteiger partial charge on any atom is -0.493 e. The summed E-state index contributed by atoms with van der Waals surface area (Å²) in [6.07, 6.45) is 0.608. The molecule has 1 amide bonds. The fraction of sp³-hybridized carbons (Fsp3) is 0.200. The summed E-state index contributed by atoms with van der Waals surface area (Å²) in [7, 11) is 3.19. The maximum Gasteiger partial charge on any atom is 0.221 e. The van der Waals surface area contributed by atoms with Gasteiger partial charge in [-0.05, 0) is 35.9 Å². The molecule has 0 aliphatic rings. The fourth-order valence-corrected chi connectivity index (χ4v) is 3.51. The highest BCUT2D eigenvalue weighted by molar-refractivity contribution is 7.10. The molecule has 5 nitrogen and oxygen atoms in total. The first-order valence-electron chi connectivity index (χ1n) is 8.23. The number of benzene rings is 2. The third-order valence-electron chi connectivity index (χ3n) is 3.92. The van der Waals surface area contributed by atoms with Crippen LogP contribution in [0.25, 0.3) is 11.3 Å². The lowest BCUT2D eigenvalue weighted by atomic mass is 10.1. The topological polar surface area (TPSA) is 60.5 Å². The number of halogens is 1. The molecule has 0 aliphatic heterocycles. The second kappa shape index (κ2) is 8.18. The van der Waals surface area contributed by atoms with Gasteiger partial charge in [0.1, 0.15) is 5.82 Å². The van der Waals surface area contributed by atoms with Gasteiger partial charge in [0.25, 0.3) is 0 Å². The third-order valence-corrected chi connectivity index (χ3v) is 4.77. The Kier molecular flexibility index (Phi) is 5.71. The van der Waals surface area contributed by atoms with Gasteiger partial charge in [-0.2, -0.15) is 0 Å². The Morgan fingerprint density at radius 3 is 2.59 bits per heavy atom. The van der Waals surface area contributed by atoms with E-state index in [-0.39, 0.29) is 5.91 Å². The molecule has 0 fully saturated rings. The van der Waals surface area contributed by atoms with E-state index in [0.717, 1.165) is 10.6 Å². The Morgan fingerprint density at radius 1 is 1.15 bits per heavy atom. The highest BCUT2D eigenvalue weighted by atomic mass is 32.1. The van der Waals surface area contributed by atoms with Crippen molar-refractivity contribution in [1.82, 2.24) is 4.98 Å². The van der Waals surface area contributed by atoms with Gasteiger partial charge in [-0.3, -0.25) is 4.79 Å². The molecule has 3 aromatic rings. The quantitative estimate of drug-likeness (QED) is 0.677. The van der Waals surface area contributed by atoms with Crippen LogP contribution < -0.4 is 14.8 Å². The van der Waals surface area contributed by atoms with Crippen molar-refractivity contribution in [1.29, 1.82) is 0 Å². The molecule has 0 saturated heterocycles. The van der Waals surface area contributed by atoms with E-state index in [4.69, 9.17) is 9.47 Å². The number of rotatable bonds is 6. The van der Waals surface area contributed by atoms with Gasteiger partial charge < -0.3 is 14.8 Å². The molecule has 1 heterocycles. The number of ether oxygens (including phenoxy) is 2. The summed E-state index contributed by atoms with van der Waals surface area (Å²) in [5.41, 5.74) is 2.42. The maximum atomic E-state index is 14.4. The van der Waals surface area contributed by atoms with Crippen molar-refractivity contribution in [2.75, 3.05) is 19.5 Å². The Morgan fingerprint density at radius 2 is 1.93 bits per heavy atom. The minimum absolute atomic E-state index is 0.243. The molecule has 1 N–H and O–H groups in total. The first-order valence-corrected chi connectivity index (χ1v) is 9.11. The number of carbonyl (C=O) groups is 1. The van der Waals surface area contributed by atoms with E-state index in [1.54, 1.807) is 26.4 Å². The number of aromatic nitrogens is 1. The Balaban J connectivity index is 1.80. The van der Waals surface area contributed by atoms with Crippen molar-refractivity contribution in [2.45, 2.75) is 13.3 Å². The lowest BCUT2D eigenvalue weighted by molar-refractivity contribution is -0.114. The SMILES string of the molecule is COc1ccc(Cc2nc(-c3ccc(NC(C)=O)cc3F)cs2)cc1OC. The zero-order valence-corrected chi connectivity index (χ0v) is 16.0. The Hall–Kier alpha value is -2.93. The highest BCUT2D eigenvalue weighted by Crippen LogP contribution is 2.31. The molecule has 3 rings (SSSR count). The molecule has 0 unspecified atom stereocenters. The van der Waals surface area contributed by atoms with Gasteiger partial charge in [-0.1, -0.05) is 6.07 Å². The van der Waals surface area contributed by atoms with E-state index < -0.39 is 5.82 Å². The normalized spacial score (nSPS) is 10.5.